The van der Waals surface area contributed by atoms with Crippen LogP contribution in [-0.2, 0) is 14.8 Å². The summed E-state index contributed by atoms with van der Waals surface area (Å²) in [5, 5.41) is 14.0. The number of nitro benzene ring substituents is 1. The van der Waals surface area contributed by atoms with E-state index in [0.717, 1.165) is 10.4 Å². The third-order valence-corrected chi connectivity index (χ3v) is 5.72. The fourth-order valence-corrected chi connectivity index (χ4v) is 3.68. The molecule has 0 bridgehead atoms. The zero-order valence-corrected chi connectivity index (χ0v) is 14.3. The number of benzene rings is 1. The molecule has 1 aliphatic rings. The van der Waals surface area contributed by atoms with E-state index in [1.165, 1.54) is 25.2 Å². The second-order valence-corrected chi connectivity index (χ2v) is 7.70. The van der Waals surface area contributed by atoms with Crippen molar-refractivity contribution in [2.75, 3.05) is 33.2 Å². The van der Waals surface area contributed by atoms with Crippen LogP contribution in [0.2, 0.25) is 0 Å². The average molecular weight is 356 g/mol. The lowest BCUT2D eigenvalue weighted by molar-refractivity contribution is -0.385. The van der Waals surface area contributed by atoms with E-state index in [2.05, 4.69) is 5.32 Å². The number of carbonyl (C=O) groups excluding carboxylic acids is 1. The van der Waals surface area contributed by atoms with Crippen LogP contribution in [0.1, 0.15) is 6.92 Å². The van der Waals surface area contributed by atoms with Crippen molar-refractivity contribution in [2.24, 2.45) is 0 Å². The van der Waals surface area contributed by atoms with E-state index in [9.17, 15) is 23.3 Å². The first-order chi connectivity index (χ1) is 11.2. The highest BCUT2D eigenvalue weighted by molar-refractivity contribution is 7.89. The highest BCUT2D eigenvalue weighted by Gasteiger charge is 2.29. The molecule has 1 amide bonds. The largest absolute Gasteiger partial charge is 0.336 e. The molecular weight excluding hydrogens is 336 g/mol. The van der Waals surface area contributed by atoms with Crippen LogP contribution >= 0.6 is 0 Å². The molecular formula is C14H20N4O5S. The summed E-state index contributed by atoms with van der Waals surface area (Å²) >= 11 is 0. The van der Waals surface area contributed by atoms with Crippen molar-refractivity contribution in [3.63, 3.8) is 0 Å². The highest BCUT2D eigenvalue weighted by atomic mass is 32.2. The molecule has 0 unspecified atom stereocenters. The first-order valence-electron chi connectivity index (χ1n) is 7.44. The molecule has 1 saturated heterocycles. The molecule has 1 aliphatic heterocycles. The first-order valence-corrected chi connectivity index (χ1v) is 8.88. The van der Waals surface area contributed by atoms with Gasteiger partial charge in [-0.25, -0.2) is 8.42 Å². The summed E-state index contributed by atoms with van der Waals surface area (Å²) < 4.78 is 26.0. The van der Waals surface area contributed by atoms with Crippen molar-refractivity contribution >= 4 is 21.6 Å². The predicted octanol–water partition coefficient (Wildman–Crippen LogP) is 0.0356. The maximum atomic E-state index is 12.5. The Balaban J connectivity index is 2.15. The summed E-state index contributed by atoms with van der Waals surface area (Å²) in [4.78, 5) is 23.9. The molecule has 0 saturated carbocycles. The van der Waals surface area contributed by atoms with E-state index in [1.807, 2.05) is 6.92 Å². The van der Waals surface area contributed by atoms with Crippen LogP contribution < -0.4 is 5.32 Å². The van der Waals surface area contributed by atoms with Crippen LogP contribution in [0, 0.1) is 10.1 Å². The van der Waals surface area contributed by atoms with E-state index < -0.39 is 14.9 Å². The van der Waals surface area contributed by atoms with E-state index >= 15 is 0 Å². The van der Waals surface area contributed by atoms with Crippen molar-refractivity contribution in [1.82, 2.24) is 14.5 Å². The molecule has 1 N–H and O–H groups in total. The van der Waals surface area contributed by atoms with Gasteiger partial charge in [0.2, 0.25) is 15.9 Å². The van der Waals surface area contributed by atoms with Crippen LogP contribution in [0.4, 0.5) is 5.69 Å². The Labute approximate surface area is 140 Å². The van der Waals surface area contributed by atoms with E-state index in [4.69, 9.17) is 0 Å². The number of amides is 1. The topological polar surface area (TPSA) is 113 Å². The van der Waals surface area contributed by atoms with Gasteiger partial charge in [-0.15, -0.1) is 0 Å². The molecule has 0 spiro atoms. The van der Waals surface area contributed by atoms with Gasteiger partial charge in [0, 0.05) is 44.9 Å². The Morgan fingerprint density at radius 3 is 2.83 bits per heavy atom. The Hall–Kier alpha value is -2.04. The van der Waals surface area contributed by atoms with Crippen LogP contribution in [0.25, 0.3) is 0 Å². The molecule has 10 heteroatoms. The molecule has 1 aromatic rings. The van der Waals surface area contributed by atoms with Crippen molar-refractivity contribution in [2.45, 2.75) is 17.9 Å². The van der Waals surface area contributed by atoms with Crippen LogP contribution in [0.15, 0.2) is 29.2 Å². The van der Waals surface area contributed by atoms with Crippen LogP contribution in [-0.4, -0.2) is 67.7 Å². The van der Waals surface area contributed by atoms with E-state index in [1.54, 1.807) is 4.90 Å². The Bertz CT molecular complexity index is 736. The van der Waals surface area contributed by atoms with Gasteiger partial charge < -0.3 is 10.2 Å². The van der Waals surface area contributed by atoms with Crippen molar-refractivity contribution in [1.29, 1.82) is 0 Å². The third-order valence-electron chi connectivity index (χ3n) is 3.92. The lowest BCUT2D eigenvalue weighted by Crippen LogP contribution is -2.54. The maximum absolute atomic E-state index is 12.5. The molecule has 1 atom stereocenters. The highest BCUT2D eigenvalue weighted by Crippen LogP contribution is 2.20. The summed E-state index contributed by atoms with van der Waals surface area (Å²) in [5.74, 6) is -0.291. The van der Waals surface area contributed by atoms with Crippen molar-refractivity contribution < 1.29 is 18.1 Å². The molecule has 1 aromatic carbocycles. The molecule has 0 radical (unpaired) electrons. The summed E-state index contributed by atoms with van der Waals surface area (Å²) in [6.07, 6.45) is 0. The number of rotatable bonds is 5. The smallest absolute Gasteiger partial charge is 0.270 e. The number of hydrogen-bond acceptors (Lipinski definition) is 6. The quantitative estimate of drug-likeness (QED) is 0.588. The number of likely N-dealkylation sites (N-methyl/N-ethyl adjacent to an activating group) is 1. The number of nitro groups is 1. The van der Waals surface area contributed by atoms with E-state index in [-0.39, 0.29) is 29.1 Å². The lowest BCUT2D eigenvalue weighted by Gasteiger charge is -2.34. The number of nitrogens with one attached hydrogen (secondary N) is 1. The minimum atomic E-state index is -3.98. The summed E-state index contributed by atoms with van der Waals surface area (Å²) in [5.41, 5.74) is -0.313. The van der Waals surface area contributed by atoms with Gasteiger partial charge in [0.05, 0.1) is 16.4 Å². The number of sulfonamides is 1. The fourth-order valence-electron chi connectivity index (χ4n) is 2.52. The van der Waals surface area contributed by atoms with Crippen molar-refractivity contribution in [3.05, 3.63) is 34.4 Å². The van der Waals surface area contributed by atoms with Gasteiger partial charge in [0.15, 0.2) is 0 Å². The lowest BCUT2D eigenvalue weighted by atomic mass is 10.2. The van der Waals surface area contributed by atoms with Gasteiger partial charge in [0.25, 0.3) is 5.69 Å². The number of nitrogens with zero attached hydrogens (tertiary/aromatic N) is 3. The first kappa shape index (κ1) is 18.3. The number of carbonyl (C=O) groups is 1. The molecule has 1 fully saturated rings. The van der Waals surface area contributed by atoms with Gasteiger partial charge in [0.1, 0.15) is 0 Å². The second-order valence-electron chi connectivity index (χ2n) is 5.66. The fraction of sp³-hybridized carbons (Fsp3) is 0.500. The van der Waals surface area contributed by atoms with Gasteiger partial charge in [-0.2, -0.15) is 4.31 Å². The Morgan fingerprint density at radius 2 is 2.21 bits per heavy atom. The standard InChI is InChI=1S/C14H20N4O5S/c1-11-9-15-6-7-17(11)14(19)10-16(2)24(22,23)13-5-3-4-12(8-13)18(20)21/h3-5,8,11,15H,6-7,9-10H2,1-2H3/t11-/m1/s1. The summed E-state index contributed by atoms with van der Waals surface area (Å²) in [7, 11) is -2.69. The zero-order chi connectivity index (χ0) is 17.9. The number of non-ortho nitro benzene ring substituents is 1. The van der Waals surface area contributed by atoms with Gasteiger partial charge in [-0.05, 0) is 13.0 Å². The Kier molecular flexibility index (Phi) is 5.52. The molecule has 9 nitrogen and oxygen atoms in total. The monoisotopic (exact) mass is 356 g/mol. The maximum Gasteiger partial charge on any atom is 0.270 e. The Morgan fingerprint density at radius 1 is 1.50 bits per heavy atom. The normalized spacial score (nSPS) is 18.6. The molecule has 2 rings (SSSR count). The molecule has 0 aliphatic carbocycles. The van der Waals surface area contributed by atoms with Gasteiger partial charge in [-0.1, -0.05) is 6.07 Å². The number of piperazine rings is 1. The minimum absolute atomic E-state index is 0.0137. The molecule has 24 heavy (non-hydrogen) atoms. The molecule has 0 aromatic heterocycles. The van der Waals surface area contributed by atoms with Gasteiger partial charge >= 0.3 is 0 Å². The third kappa shape index (κ3) is 3.89. The molecule has 1 heterocycles. The molecule has 132 valence electrons. The van der Waals surface area contributed by atoms with Crippen molar-refractivity contribution in [3.8, 4) is 0 Å². The summed E-state index contributed by atoms with van der Waals surface area (Å²) in [6.45, 7) is 3.42. The average Bonchev–Trinajstić information content (AvgIpc) is 2.55. The summed E-state index contributed by atoms with van der Waals surface area (Å²) in [6, 6.07) is 4.77. The predicted molar refractivity (Wildman–Crippen MR) is 87.0 cm³/mol. The number of hydrogen-bond donors (Lipinski definition) is 1. The zero-order valence-electron chi connectivity index (χ0n) is 13.5. The second kappa shape index (κ2) is 7.24. The van der Waals surface area contributed by atoms with E-state index in [0.29, 0.717) is 19.6 Å². The SMILES string of the molecule is C[C@@H]1CNCCN1C(=O)CN(C)S(=O)(=O)c1cccc([N+](=O)[O-])c1. The van der Waals surface area contributed by atoms with Crippen LogP contribution in [0.5, 0.6) is 0 Å². The minimum Gasteiger partial charge on any atom is -0.336 e. The van der Waals surface area contributed by atoms with Gasteiger partial charge in [-0.3, -0.25) is 14.9 Å². The van der Waals surface area contributed by atoms with Crippen LogP contribution in [0.3, 0.4) is 0 Å².